The van der Waals surface area contributed by atoms with Crippen LogP contribution >= 0.6 is 0 Å². The highest BCUT2D eigenvalue weighted by Crippen LogP contribution is 2.16. The molecule has 0 aromatic rings. The van der Waals surface area contributed by atoms with Gasteiger partial charge in [0.1, 0.15) is 0 Å². The fourth-order valence-corrected chi connectivity index (χ4v) is 2.14. The maximum absolute atomic E-state index is 11.9. The SMILES string of the molecule is CC1CC(C(=O)NC(C)CCC(=O)O)CCN1. The Kier molecular flexibility index (Phi) is 5.41. The van der Waals surface area contributed by atoms with Crippen molar-refractivity contribution in [2.45, 2.75) is 51.6 Å². The van der Waals surface area contributed by atoms with Gasteiger partial charge in [0.25, 0.3) is 0 Å². The van der Waals surface area contributed by atoms with Gasteiger partial charge in [-0.05, 0) is 39.7 Å². The maximum atomic E-state index is 11.9. The molecule has 17 heavy (non-hydrogen) atoms. The van der Waals surface area contributed by atoms with Crippen molar-refractivity contribution in [2.75, 3.05) is 6.54 Å². The Morgan fingerprint density at radius 1 is 1.53 bits per heavy atom. The van der Waals surface area contributed by atoms with Gasteiger partial charge in [-0.2, -0.15) is 0 Å². The van der Waals surface area contributed by atoms with Crippen LogP contribution in [0.15, 0.2) is 0 Å². The number of hydrogen-bond donors (Lipinski definition) is 3. The first-order valence-electron chi connectivity index (χ1n) is 6.24. The minimum atomic E-state index is -0.818. The molecule has 1 rings (SSSR count). The fourth-order valence-electron chi connectivity index (χ4n) is 2.14. The Morgan fingerprint density at radius 2 is 2.24 bits per heavy atom. The minimum absolute atomic E-state index is 0.0659. The van der Waals surface area contributed by atoms with Gasteiger partial charge in [-0.25, -0.2) is 0 Å². The number of rotatable bonds is 5. The number of carbonyl (C=O) groups excluding carboxylic acids is 1. The maximum Gasteiger partial charge on any atom is 0.303 e. The third-order valence-corrected chi connectivity index (χ3v) is 3.17. The molecular weight excluding hydrogens is 220 g/mol. The number of nitrogens with one attached hydrogen (secondary N) is 2. The van der Waals surface area contributed by atoms with E-state index in [2.05, 4.69) is 17.6 Å². The lowest BCUT2D eigenvalue weighted by Gasteiger charge is -2.28. The molecule has 1 aliphatic heterocycles. The summed E-state index contributed by atoms with van der Waals surface area (Å²) in [5, 5.41) is 14.8. The second kappa shape index (κ2) is 6.59. The topological polar surface area (TPSA) is 78.4 Å². The number of amides is 1. The Labute approximate surface area is 102 Å². The summed E-state index contributed by atoms with van der Waals surface area (Å²) < 4.78 is 0. The van der Waals surface area contributed by atoms with E-state index >= 15 is 0 Å². The zero-order valence-corrected chi connectivity index (χ0v) is 10.5. The summed E-state index contributed by atoms with van der Waals surface area (Å²) in [5.41, 5.74) is 0. The Bertz CT molecular complexity index is 281. The summed E-state index contributed by atoms with van der Waals surface area (Å²) in [4.78, 5) is 22.3. The number of carbonyl (C=O) groups is 2. The summed E-state index contributed by atoms with van der Waals surface area (Å²) >= 11 is 0. The molecule has 3 atom stereocenters. The first-order chi connectivity index (χ1) is 7.99. The molecule has 0 aromatic heterocycles. The minimum Gasteiger partial charge on any atom is -0.481 e. The van der Waals surface area contributed by atoms with Crippen LogP contribution < -0.4 is 10.6 Å². The molecule has 1 heterocycles. The summed E-state index contributed by atoms with van der Waals surface area (Å²) in [6.45, 7) is 4.81. The molecule has 1 saturated heterocycles. The number of aliphatic carboxylic acids is 1. The highest BCUT2D eigenvalue weighted by atomic mass is 16.4. The Hall–Kier alpha value is -1.10. The molecule has 1 fully saturated rings. The van der Waals surface area contributed by atoms with Gasteiger partial charge in [0, 0.05) is 24.4 Å². The Balaban J connectivity index is 2.29. The van der Waals surface area contributed by atoms with Crippen molar-refractivity contribution >= 4 is 11.9 Å². The molecule has 5 heteroatoms. The molecule has 0 radical (unpaired) electrons. The third-order valence-electron chi connectivity index (χ3n) is 3.17. The lowest BCUT2D eigenvalue weighted by atomic mass is 9.92. The second-order valence-corrected chi connectivity index (χ2v) is 4.92. The Morgan fingerprint density at radius 3 is 2.82 bits per heavy atom. The number of carboxylic acid groups (broad SMARTS) is 1. The zero-order valence-electron chi connectivity index (χ0n) is 10.5. The zero-order chi connectivity index (χ0) is 12.8. The lowest BCUT2D eigenvalue weighted by Crippen LogP contribution is -2.44. The average Bonchev–Trinajstić information content (AvgIpc) is 2.26. The van der Waals surface area contributed by atoms with Crippen LogP contribution in [0.5, 0.6) is 0 Å². The normalized spacial score (nSPS) is 26.2. The van der Waals surface area contributed by atoms with Gasteiger partial charge in [0.2, 0.25) is 5.91 Å². The van der Waals surface area contributed by atoms with E-state index in [1.807, 2.05) is 6.92 Å². The first-order valence-corrected chi connectivity index (χ1v) is 6.24. The van der Waals surface area contributed by atoms with E-state index in [1.54, 1.807) is 0 Å². The van der Waals surface area contributed by atoms with Crippen LogP contribution in [0.2, 0.25) is 0 Å². The quantitative estimate of drug-likeness (QED) is 0.664. The number of piperidine rings is 1. The van der Waals surface area contributed by atoms with Crippen molar-refractivity contribution in [1.29, 1.82) is 0 Å². The molecule has 0 saturated carbocycles. The van der Waals surface area contributed by atoms with Crippen LogP contribution in [0.1, 0.15) is 39.5 Å². The van der Waals surface area contributed by atoms with Gasteiger partial charge in [0.05, 0.1) is 0 Å². The highest BCUT2D eigenvalue weighted by molar-refractivity contribution is 5.79. The van der Waals surface area contributed by atoms with E-state index in [0.717, 1.165) is 19.4 Å². The van der Waals surface area contributed by atoms with E-state index in [0.29, 0.717) is 12.5 Å². The second-order valence-electron chi connectivity index (χ2n) is 4.92. The van der Waals surface area contributed by atoms with E-state index in [4.69, 9.17) is 5.11 Å². The fraction of sp³-hybridized carbons (Fsp3) is 0.833. The van der Waals surface area contributed by atoms with Gasteiger partial charge in [-0.1, -0.05) is 0 Å². The molecular formula is C12H22N2O3. The molecule has 98 valence electrons. The third kappa shape index (κ3) is 5.17. The van der Waals surface area contributed by atoms with Crippen molar-refractivity contribution in [3.05, 3.63) is 0 Å². The predicted octanol–water partition coefficient (Wildman–Crippen LogP) is 0.744. The van der Waals surface area contributed by atoms with Crippen molar-refractivity contribution in [3.63, 3.8) is 0 Å². The summed E-state index contributed by atoms with van der Waals surface area (Å²) in [7, 11) is 0. The van der Waals surface area contributed by atoms with E-state index in [9.17, 15) is 9.59 Å². The molecule has 0 aromatic carbocycles. The van der Waals surface area contributed by atoms with Crippen LogP contribution in [0.3, 0.4) is 0 Å². The molecule has 0 aliphatic carbocycles. The van der Waals surface area contributed by atoms with Crippen LogP contribution in [-0.4, -0.2) is 35.6 Å². The monoisotopic (exact) mass is 242 g/mol. The molecule has 0 spiro atoms. The molecule has 5 nitrogen and oxygen atoms in total. The lowest BCUT2D eigenvalue weighted by molar-refractivity contribution is -0.137. The smallest absolute Gasteiger partial charge is 0.303 e. The highest BCUT2D eigenvalue weighted by Gasteiger charge is 2.25. The van der Waals surface area contributed by atoms with Crippen LogP contribution in [0.4, 0.5) is 0 Å². The van der Waals surface area contributed by atoms with Crippen molar-refractivity contribution in [1.82, 2.24) is 10.6 Å². The van der Waals surface area contributed by atoms with E-state index in [1.165, 1.54) is 0 Å². The van der Waals surface area contributed by atoms with E-state index < -0.39 is 5.97 Å². The number of carboxylic acids is 1. The molecule has 1 aliphatic rings. The average molecular weight is 242 g/mol. The van der Waals surface area contributed by atoms with Gasteiger partial charge >= 0.3 is 5.97 Å². The molecule has 3 unspecified atom stereocenters. The van der Waals surface area contributed by atoms with Gasteiger partial charge in [-0.15, -0.1) is 0 Å². The van der Waals surface area contributed by atoms with Gasteiger partial charge in [0.15, 0.2) is 0 Å². The number of hydrogen-bond acceptors (Lipinski definition) is 3. The summed E-state index contributed by atoms with van der Waals surface area (Å²) in [5.74, 6) is -0.684. The molecule has 1 amide bonds. The van der Waals surface area contributed by atoms with Crippen LogP contribution in [0, 0.1) is 5.92 Å². The van der Waals surface area contributed by atoms with Gasteiger partial charge < -0.3 is 15.7 Å². The van der Waals surface area contributed by atoms with Crippen molar-refractivity contribution in [2.24, 2.45) is 5.92 Å². The first kappa shape index (κ1) is 14.0. The van der Waals surface area contributed by atoms with Gasteiger partial charge in [-0.3, -0.25) is 9.59 Å². The standard InChI is InChI=1S/C12H22N2O3/c1-8(3-4-11(15)16)14-12(17)10-5-6-13-9(2)7-10/h8-10,13H,3-7H2,1-2H3,(H,14,17)(H,15,16). The van der Waals surface area contributed by atoms with Crippen LogP contribution in [0.25, 0.3) is 0 Å². The van der Waals surface area contributed by atoms with Crippen molar-refractivity contribution in [3.8, 4) is 0 Å². The largest absolute Gasteiger partial charge is 0.481 e. The van der Waals surface area contributed by atoms with E-state index in [-0.39, 0.29) is 24.3 Å². The summed E-state index contributed by atoms with van der Waals surface area (Å²) in [6, 6.07) is 0.317. The summed E-state index contributed by atoms with van der Waals surface area (Å²) in [6.07, 6.45) is 2.31. The molecule has 3 N–H and O–H groups in total. The molecule has 0 bridgehead atoms. The van der Waals surface area contributed by atoms with Crippen molar-refractivity contribution < 1.29 is 14.7 Å². The van der Waals surface area contributed by atoms with Crippen LogP contribution in [-0.2, 0) is 9.59 Å². The predicted molar refractivity (Wildman–Crippen MR) is 64.7 cm³/mol.